The quantitative estimate of drug-likeness (QED) is 0.634. The maximum atomic E-state index is 13.5. The molecule has 6 rings (SSSR count). The van der Waals surface area contributed by atoms with Gasteiger partial charge in [0.15, 0.2) is 16.6 Å². The van der Waals surface area contributed by atoms with E-state index in [1.165, 1.54) is 22.5 Å². The summed E-state index contributed by atoms with van der Waals surface area (Å²) in [6.45, 7) is 1.55. The zero-order chi connectivity index (χ0) is 22.4. The molecule has 168 valence electrons. The predicted octanol–water partition coefficient (Wildman–Crippen LogP) is 4.13. The van der Waals surface area contributed by atoms with Gasteiger partial charge in [0.2, 0.25) is 12.7 Å². The Morgan fingerprint density at radius 2 is 1.91 bits per heavy atom. The molecule has 0 saturated heterocycles. The molecule has 1 unspecified atom stereocenters. The van der Waals surface area contributed by atoms with E-state index in [4.69, 9.17) is 14.5 Å². The van der Waals surface area contributed by atoms with Gasteiger partial charge in [0.25, 0.3) is 5.91 Å². The first kappa shape index (κ1) is 20.2. The standard InChI is InChI=1S/C25H23N3O4S/c29-23(16-8-9-19-20(12-16)32-14-31-19)27-25-26-22-18(6-3-7-21(22)33-25)24(30)28-11-10-15-4-1-2-5-17(15)13-28/h1-2,4-5,8-9,12,18H,3,6-7,10-11,13-14H2,(H,26,27,29). The Balaban J connectivity index is 1.19. The normalized spacial score (nSPS) is 18.4. The molecule has 0 radical (unpaired) electrons. The number of nitrogens with zero attached hydrogens (tertiary/aromatic N) is 2. The molecule has 33 heavy (non-hydrogen) atoms. The number of benzene rings is 2. The maximum absolute atomic E-state index is 13.5. The summed E-state index contributed by atoms with van der Waals surface area (Å²) in [5.74, 6) is 0.846. The Morgan fingerprint density at radius 1 is 1.06 bits per heavy atom. The van der Waals surface area contributed by atoms with Gasteiger partial charge in [-0.25, -0.2) is 4.98 Å². The molecule has 2 aliphatic heterocycles. The summed E-state index contributed by atoms with van der Waals surface area (Å²) in [7, 11) is 0. The van der Waals surface area contributed by atoms with Crippen molar-refractivity contribution < 1.29 is 19.1 Å². The highest BCUT2D eigenvalue weighted by Crippen LogP contribution is 2.39. The van der Waals surface area contributed by atoms with Crippen molar-refractivity contribution in [3.05, 3.63) is 69.7 Å². The number of rotatable bonds is 3. The van der Waals surface area contributed by atoms with Crippen molar-refractivity contribution in [1.82, 2.24) is 9.88 Å². The van der Waals surface area contributed by atoms with Gasteiger partial charge in [-0.3, -0.25) is 14.9 Å². The van der Waals surface area contributed by atoms with Crippen LogP contribution >= 0.6 is 11.3 Å². The molecule has 3 aliphatic rings. The van der Waals surface area contributed by atoms with Crippen molar-refractivity contribution in [2.24, 2.45) is 0 Å². The summed E-state index contributed by atoms with van der Waals surface area (Å²) >= 11 is 1.47. The van der Waals surface area contributed by atoms with Crippen molar-refractivity contribution in [3.8, 4) is 11.5 Å². The highest BCUT2D eigenvalue weighted by Gasteiger charge is 2.34. The molecule has 2 amide bonds. The zero-order valence-corrected chi connectivity index (χ0v) is 18.8. The van der Waals surface area contributed by atoms with E-state index in [0.717, 1.165) is 42.8 Å². The Kier molecular flexibility index (Phi) is 5.02. The summed E-state index contributed by atoms with van der Waals surface area (Å²) < 4.78 is 10.7. The average Bonchev–Trinajstić information content (AvgIpc) is 3.49. The molecule has 0 bridgehead atoms. The van der Waals surface area contributed by atoms with E-state index in [0.29, 0.717) is 28.7 Å². The van der Waals surface area contributed by atoms with Crippen molar-refractivity contribution in [2.45, 2.75) is 38.1 Å². The number of ether oxygens (including phenoxy) is 2. The lowest BCUT2D eigenvalue weighted by molar-refractivity contribution is -0.134. The van der Waals surface area contributed by atoms with Crippen LogP contribution in [0.25, 0.3) is 0 Å². The highest BCUT2D eigenvalue weighted by molar-refractivity contribution is 7.16. The number of amides is 2. The summed E-state index contributed by atoms with van der Waals surface area (Å²) in [6, 6.07) is 13.4. The van der Waals surface area contributed by atoms with Crippen LogP contribution in [0.1, 0.15) is 50.8 Å². The topological polar surface area (TPSA) is 80.8 Å². The monoisotopic (exact) mass is 461 g/mol. The van der Waals surface area contributed by atoms with Crippen molar-refractivity contribution in [2.75, 3.05) is 18.7 Å². The fourth-order valence-corrected chi connectivity index (χ4v) is 5.88. The summed E-state index contributed by atoms with van der Waals surface area (Å²) in [4.78, 5) is 34.0. The SMILES string of the molecule is O=C(Nc1nc2c(s1)CCCC2C(=O)N1CCc2ccccc2C1)c1ccc2c(c1)OCO2. The largest absolute Gasteiger partial charge is 0.454 e. The van der Waals surface area contributed by atoms with Crippen LogP contribution < -0.4 is 14.8 Å². The Labute approximate surface area is 195 Å². The van der Waals surface area contributed by atoms with Gasteiger partial charge in [-0.05, 0) is 55.0 Å². The minimum absolute atomic E-state index is 0.143. The van der Waals surface area contributed by atoms with E-state index in [2.05, 4.69) is 23.5 Å². The van der Waals surface area contributed by atoms with Gasteiger partial charge in [-0.15, -0.1) is 11.3 Å². The van der Waals surface area contributed by atoms with Crippen molar-refractivity contribution >= 4 is 28.3 Å². The number of anilines is 1. The first-order valence-corrected chi connectivity index (χ1v) is 12.0. The molecular weight excluding hydrogens is 438 g/mol. The minimum atomic E-state index is -0.255. The number of fused-ring (bicyclic) bond motifs is 3. The molecule has 3 aromatic rings. The lowest BCUT2D eigenvalue weighted by atomic mass is 9.89. The van der Waals surface area contributed by atoms with E-state index < -0.39 is 0 Å². The number of carbonyl (C=O) groups excluding carboxylic acids is 2. The van der Waals surface area contributed by atoms with Crippen LogP contribution in [0.15, 0.2) is 42.5 Å². The van der Waals surface area contributed by atoms with Crippen LogP contribution in [-0.2, 0) is 24.2 Å². The molecule has 0 fully saturated rings. The average molecular weight is 462 g/mol. The van der Waals surface area contributed by atoms with E-state index in [9.17, 15) is 9.59 Å². The zero-order valence-electron chi connectivity index (χ0n) is 18.0. The van der Waals surface area contributed by atoms with E-state index in [1.54, 1.807) is 18.2 Å². The lowest BCUT2D eigenvalue weighted by Crippen LogP contribution is -2.39. The molecule has 1 N–H and O–H groups in total. The Morgan fingerprint density at radius 3 is 2.82 bits per heavy atom. The fourth-order valence-electron chi connectivity index (χ4n) is 4.82. The molecule has 0 saturated carbocycles. The number of hydrogen-bond donors (Lipinski definition) is 1. The molecular formula is C25H23N3O4S. The van der Waals surface area contributed by atoms with Crippen LogP contribution in [0.5, 0.6) is 11.5 Å². The molecule has 7 nitrogen and oxygen atoms in total. The fraction of sp³-hybridized carbons (Fsp3) is 0.320. The second-order valence-corrected chi connectivity index (χ2v) is 9.66. The smallest absolute Gasteiger partial charge is 0.257 e. The summed E-state index contributed by atoms with van der Waals surface area (Å²) in [5.41, 5.74) is 3.86. The molecule has 1 aromatic heterocycles. The summed E-state index contributed by atoms with van der Waals surface area (Å²) in [6.07, 6.45) is 3.52. The van der Waals surface area contributed by atoms with Gasteiger partial charge in [0.05, 0.1) is 11.6 Å². The third-order valence-corrected chi connectivity index (χ3v) is 7.60. The highest BCUT2D eigenvalue weighted by atomic mass is 32.1. The number of thiazole rings is 1. The van der Waals surface area contributed by atoms with Crippen LogP contribution in [0.3, 0.4) is 0 Å². The second-order valence-electron chi connectivity index (χ2n) is 8.57. The van der Waals surface area contributed by atoms with Gasteiger partial charge in [0.1, 0.15) is 0 Å². The lowest BCUT2D eigenvalue weighted by Gasteiger charge is -2.32. The van der Waals surface area contributed by atoms with Gasteiger partial charge in [-0.1, -0.05) is 24.3 Å². The third kappa shape index (κ3) is 3.74. The number of nitrogens with one attached hydrogen (secondary N) is 1. The number of carbonyl (C=O) groups is 2. The molecule has 1 aliphatic carbocycles. The van der Waals surface area contributed by atoms with Gasteiger partial charge in [0, 0.05) is 23.5 Å². The van der Waals surface area contributed by atoms with Gasteiger partial charge >= 0.3 is 0 Å². The second kappa shape index (κ2) is 8.19. The van der Waals surface area contributed by atoms with Crippen molar-refractivity contribution in [1.29, 1.82) is 0 Å². The van der Waals surface area contributed by atoms with Crippen LogP contribution in [0.2, 0.25) is 0 Å². The van der Waals surface area contributed by atoms with Crippen molar-refractivity contribution in [3.63, 3.8) is 0 Å². The first-order valence-electron chi connectivity index (χ1n) is 11.2. The Hall–Kier alpha value is -3.39. The number of aryl methyl sites for hydroxylation is 1. The Bertz CT molecular complexity index is 1250. The van der Waals surface area contributed by atoms with E-state index >= 15 is 0 Å². The van der Waals surface area contributed by atoms with E-state index in [-0.39, 0.29) is 24.5 Å². The molecule has 2 aromatic carbocycles. The number of hydrogen-bond acceptors (Lipinski definition) is 6. The van der Waals surface area contributed by atoms with Crippen LogP contribution in [-0.4, -0.2) is 35.0 Å². The number of aromatic nitrogens is 1. The minimum Gasteiger partial charge on any atom is -0.454 e. The molecule has 3 heterocycles. The predicted molar refractivity (Wildman–Crippen MR) is 124 cm³/mol. The maximum Gasteiger partial charge on any atom is 0.257 e. The van der Waals surface area contributed by atoms with E-state index in [1.807, 2.05) is 11.0 Å². The van der Waals surface area contributed by atoms with Crippen LogP contribution in [0.4, 0.5) is 5.13 Å². The molecule has 8 heteroatoms. The molecule has 1 atom stereocenters. The van der Waals surface area contributed by atoms with Gasteiger partial charge < -0.3 is 14.4 Å². The van der Waals surface area contributed by atoms with Crippen LogP contribution in [0, 0.1) is 0 Å². The molecule has 0 spiro atoms. The van der Waals surface area contributed by atoms with Gasteiger partial charge in [-0.2, -0.15) is 0 Å². The summed E-state index contributed by atoms with van der Waals surface area (Å²) in [5, 5.41) is 3.44. The first-order chi connectivity index (χ1) is 16.2. The third-order valence-electron chi connectivity index (χ3n) is 6.55.